The Hall–Kier alpha value is -1.75. The fraction of sp³-hybridized carbons (Fsp3) is 0.214. The van der Waals surface area contributed by atoms with E-state index in [0.717, 1.165) is 17.7 Å². The van der Waals surface area contributed by atoms with E-state index >= 15 is 0 Å². The highest BCUT2D eigenvalue weighted by Gasteiger charge is 2.24. The number of carbonyl (C=O) groups excluding carboxylic acids is 1. The van der Waals surface area contributed by atoms with Crippen molar-refractivity contribution in [3.05, 3.63) is 53.6 Å². The van der Waals surface area contributed by atoms with Gasteiger partial charge < -0.3 is 10.3 Å². The second-order valence-corrected chi connectivity index (χ2v) is 5.51. The van der Waals surface area contributed by atoms with Gasteiger partial charge in [-0.2, -0.15) is 0 Å². The zero-order valence-corrected chi connectivity index (χ0v) is 11.0. The van der Waals surface area contributed by atoms with Crippen LogP contribution in [0.25, 0.3) is 0 Å². The monoisotopic (exact) mass is 276 g/mol. The lowest BCUT2D eigenvalue weighted by Crippen LogP contribution is -2.31. The standard InChI is InChI=1S/C14H13FN2OS/c15-10-4-1-3-9-11(6-8-19-13(9)10)17-14(18)12-5-2-7-16-12/h1-5,7,11,16H,6,8H2,(H,17,18). The summed E-state index contributed by atoms with van der Waals surface area (Å²) in [5.74, 6) is 0.447. The third kappa shape index (κ3) is 2.38. The van der Waals surface area contributed by atoms with Gasteiger partial charge in [-0.15, -0.1) is 11.8 Å². The van der Waals surface area contributed by atoms with Crippen LogP contribution in [0.5, 0.6) is 0 Å². The molecule has 1 unspecified atom stereocenters. The summed E-state index contributed by atoms with van der Waals surface area (Å²) in [6.45, 7) is 0. The number of hydrogen-bond donors (Lipinski definition) is 2. The van der Waals surface area contributed by atoms with Gasteiger partial charge in [-0.25, -0.2) is 4.39 Å². The number of halogens is 1. The summed E-state index contributed by atoms with van der Waals surface area (Å²) < 4.78 is 13.7. The molecule has 19 heavy (non-hydrogen) atoms. The lowest BCUT2D eigenvalue weighted by molar-refractivity contribution is 0.0930. The van der Waals surface area contributed by atoms with Crippen molar-refractivity contribution in [2.75, 3.05) is 5.75 Å². The maximum atomic E-state index is 13.7. The molecule has 1 amide bonds. The summed E-state index contributed by atoms with van der Waals surface area (Å²) in [4.78, 5) is 15.6. The summed E-state index contributed by atoms with van der Waals surface area (Å²) in [5.41, 5.74) is 1.40. The fourth-order valence-electron chi connectivity index (χ4n) is 2.24. The van der Waals surface area contributed by atoms with Gasteiger partial charge in [0.05, 0.1) is 6.04 Å². The van der Waals surface area contributed by atoms with E-state index in [4.69, 9.17) is 0 Å². The third-order valence-electron chi connectivity index (χ3n) is 3.17. The highest BCUT2D eigenvalue weighted by atomic mass is 32.2. The van der Waals surface area contributed by atoms with Crippen molar-refractivity contribution < 1.29 is 9.18 Å². The van der Waals surface area contributed by atoms with Gasteiger partial charge in [0, 0.05) is 16.8 Å². The number of aromatic amines is 1. The quantitative estimate of drug-likeness (QED) is 0.885. The molecule has 1 aliphatic rings. The van der Waals surface area contributed by atoms with Crippen molar-refractivity contribution in [1.82, 2.24) is 10.3 Å². The summed E-state index contributed by atoms with van der Waals surface area (Å²) >= 11 is 1.51. The van der Waals surface area contributed by atoms with Gasteiger partial charge >= 0.3 is 0 Å². The highest BCUT2D eigenvalue weighted by molar-refractivity contribution is 7.99. The highest BCUT2D eigenvalue weighted by Crippen LogP contribution is 2.37. The second kappa shape index (κ2) is 5.09. The van der Waals surface area contributed by atoms with Crippen molar-refractivity contribution in [3.8, 4) is 0 Å². The van der Waals surface area contributed by atoms with E-state index in [2.05, 4.69) is 10.3 Å². The van der Waals surface area contributed by atoms with Crippen LogP contribution < -0.4 is 5.32 Å². The van der Waals surface area contributed by atoms with Gasteiger partial charge in [-0.3, -0.25) is 4.79 Å². The molecule has 98 valence electrons. The predicted octanol–water partition coefficient (Wildman–Crippen LogP) is 3.12. The lowest BCUT2D eigenvalue weighted by Gasteiger charge is -2.26. The van der Waals surface area contributed by atoms with Crippen molar-refractivity contribution in [1.29, 1.82) is 0 Å². The van der Waals surface area contributed by atoms with E-state index in [9.17, 15) is 9.18 Å². The molecular weight excluding hydrogens is 263 g/mol. The Bertz CT molecular complexity index is 597. The molecule has 2 aromatic rings. The van der Waals surface area contributed by atoms with Crippen LogP contribution in [-0.4, -0.2) is 16.6 Å². The van der Waals surface area contributed by atoms with Gasteiger partial charge in [0.15, 0.2) is 0 Å². The van der Waals surface area contributed by atoms with Crippen LogP contribution >= 0.6 is 11.8 Å². The first kappa shape index (κ1) is 12.3. The van der Waals surface area contributed by atoms with Gasteiger partial charge in [0.25, 0.3) is 5.91 Å². The number of fused-ring (bicyclic) bond motifs is 1. The normalized spacial score (nSPS) is 17.8. The van der Waals surface area contributed by atoms with Crippen LogP contribution in [0.4, 0.5) is 4.39 Å². The molecule has 0 saturated carbocycles. The van der Waals surface area contributed by atoms with Gasteiger partial charge in [-0.05, 0) is 30.2 Å². The fourth-order valence-corrected chi connectivity index (χ4v) is 3.38. The number of rotatable bonds is 2. The topological polar surface area (TPSA) is 44.9 Å². The molecule has 1 atom stereocenters. The summed E-state index contributed by atoms with van der Waals surface area (Å²) in [7, 11) is 0. The smallest absolute Gasteiger partial charge is 0.268 e. The van der Waals surface area contributed by atoms with Crippen molar-refractivity contribution in [3.63, 3.8) is 0 Å². The molecule has 1 aromatic heterocycles. The third-order valence-corrected chi connectivity index (χ3v) is 4.33. The molecule has 0 radical (unpaired) electrons. The Kier molecular flexibility index (Phi) is 3.29. The SMILES string of the molecule is O=C(NC1CCSc2c(F)cccc21)c1ccc[nH]1. The Balaban J connectivity index is 1.84. The number of amides is 1. The van der Waals surface area contributed by atoms with Crippen LogP contribution in [0.3, 0.4) is 0 Å². The molecule has 5 heteroatoms. The minimum Gasteiger partial charge on any atom is -0.357 e. The maximum Gasteiger partial charge on any atom is 0.268 e. The predicted molar refractivity (Wildman–Crippen MR) is 72.7 cm³/mol. The number of nitrogens with one attached hydrogen (secondary N) is 2. The Morgan fingerprint density at radius 2 is 2.26 bits per heavy atom. The number of hydrogen-bond acceptors (Lipinski definition) is 2. The number of carbonyl (C=O) groups is 1. The Morgan fingerprint density at radius 1 is 1.37 bits per heavy atom. The zero-order chi connectivity index (χ0) is 13.2. The summed E-state index contributed by atoms with van der Waals surface area (Å²) in [6, 6.07) is 8.40. The van der Waals surface area contributed by atoms with Gasteiger partial charge in [0.1, 0.15) is 11.5 Å². The van der Waals surface area contributed by atoms with E-state index in [1.165, 1.54) is 17.8 Å². The molecule has 3 rings (SSSR count). The van der Waals surface area contributed by atoms with E-state index in [1.807, 2.05) is 6.07 Å². The van der Waals surface area contributed by atoms with E-state index in [1.54, 1.807) is 24.4 Å². The zero-order valence-electron chi connectivity index (χ0n) is 10.2. The van der Waals surface area contributed by atoms with Crippen LogP contribution in [0.1, 0.15) is 28.5 Å². The lowest BCUT2D eigenvalue weighted by atomic mass is 10.0. The first-order valence-corrected chi connectivity index (χ1v) is 7.10. The molecular formula is C14H13FN2OS. The average Bonchev–Trinajstić information content (AvgIpc) is 2.94. The number of H-pyrrole nitrogens is 1. The van der Waals surface area contributed by atoms with Crippen LogP contribution in [-0.2, 0) is 0 Å². The number of thioether (sulfide) groups is 1. The molecule has 0 spiro atoms. The molecule has 2 N–H and O–H groups in total. The molecule has 0 aliphatic carbocycles. The first-order valence-electron chi connectivity index (χ1n) is 6.11. The van der Waals surface area contributed by atoms with Crippen LogP contribution in [0, 0.1) is 5.82 Å². The van der Waals surface area contributed by atoms with Crippen LogP contribution in [0.2, 0.25) is 0 Å². The number of benzene rings is 1. The van der Waals surface area contributed by atoms with Gasteiger partial charge in [0.2, 0.25) is 0 Å². The molecule has 0 bridgehead atoms. The molecule has 1 aliphatic heterocycles. The largest absolute Gasteiger partial charge is 0.357 e. The Labute approximate surface area is 114 Å². The van der Waals surface area contributed by atoms with Gasteiger partial charge in [-0.1, -0.05) is 12.1 Å². The molecule has 1 aromatic carbocycles. The average molecular weight is 276 g/mol. The second-order valence-electron chi connectivity index (χ2n) is 4.41. The van der Waals surface area contributed by atoms with Crippen molar-refractivity contribution in [2.45, 2.75) is 17.4 Å². The summed E-state index contributed by atoms with van der Waals surface area (Å²) in [5, 5.41) is 2.95. The molecule has 2 heterocycles. The Morgan fingerprint density at radius 3 is 3.05 bits per heavy atom. The minimum absolute atomic E-state index is 0.122. The number of aromatic nitrogens is 1. The van der Waals surface area contributed by atoms with Crippen LogP contribution in [0.15, 0.2) is 41.4 Å². The molecule has 0 saturated heterocycles. The maximum absolute atomic E-state index is 13.7. The van der Waals surface area contributed by atoms with Crippen molar-refractivity contribution >= 4 is 17.7 Å². The molecule has 0 fully saturated rings. The van der Waals surface area contributed by atoms with E-state index in [0.29, 0.717) is 10.6 Å². The van der Waals surface area contributed by atoms with E-state index < -0.39 is 0 Å². The minimum atomic E-state index is -0.207. The first-order chi connectivity index (χ1) is 9.25. The molecule has 3 nitrogen and oxygen atoms in total. The van der Waals surface area contributed by atoms with Crippen molar-refractivity contribution in [2.24, 2.45) is 0 Å². The summed E-state index contributed by atoms with van der Waals surface area (Å²) in [6.07, 6.45) is 2.52. The van der Waals surface area contributed by atoms with E-state index in [-0.39, 0.29) is 17.8 Å².